The largest absolute Gasteiger partial charge is 0.202 e. The van der Waals surface area contributed by atoms with Crippen LogP contribution in [0.5, 0.6) is 0 Å². The van der Waals surface area contributed by atoms with Gasteiger partial charge in [-0.3, -0.25) is 0 Å². The third kappa shape index (κ3) is 10.9. The minimum Gasteiger partial charge on any atom is -0.202 e. The smallest absolute Gasteiger partial charge is 0.169 e. The van der Waals surface area contributed by atoms with Crippen molar-refractivity contribution in [2.45, 2.75) is 96.4 Å². The van der Waals surface area contributed by atoms with Crippen molar-refractivity contribution in [1.82, 2.24) is 0 Å². The van der Waals surface area contributed by atoms with Crippen molar-refractivity contribution in [1.29, 1.82) is 0 Å². The maximum absolute atomic E-state index is 3.67. The summed E-state index contributed by atoms with van der Waals surface area (Å²) in [5.41, 5.74) is 0. The standard InChI is InChI=1S/C21H37BrN/c1-2-3-4-5-6-7-8-9-10-11-12-14-17-21(20-22)23-18-15-13-16-19-23/h13,15-16,18-19,21H,2-12,14,17,20H2,1H3/q+1. The van der Waals surface area contributed by atoms with Crippen LogP contribution in [0.3, 0.4) is 0 Å². The van der Waals surface area contributed by atoms with Crippen LogP contribution in [-0.4, -0.2) is 5.33 Å². The van der Waals surface area contributed by atoms with Gasteiger partial charge in [-0.1, -0.05) is 99.5 Å². The Morgan fingerprint density at radius 1 is 0.696 bits per heavy atom. The Bertz CT molecular complexity index is 352. The Labute approximate surface area is 153 Å². The third-order valence-corrected chi connectivity index (χ3v) is 5.48. The summed E-state index contributed by atoms with van der Waals surface area (Å²) in [6.45, 7) is 2.29. The van der Waals surface area contributed by atoms with Gasteiger partial charge in [0.2, 0.25) is 0 Å². The molecule has 1 unspecified atom stereocenters. The van der Waals surface area contributed by atoms with E-state index in [1.165, 1.54) is 83.5 Å². The molecule has 1 nitrogen and oxygen atoms in total. The summed E-state index contributed by atoms with van der Waals surface area (Å²) in [4.78, 5) is 0. The van der Waals surface area contributed by atoms with Gasteiger partial charge in [0.25, 0.3) is 0 Å². The van der Waals surface area contributed by atoms with Gasteiger partial charge < -0.3 is 0 Å². The van der Waals surface area contributed by atoms with E-state index in [1.54, 1.807) is 0 Å². The first-order valence-electron chi connectivity index (χ1n) is 9.90. The molecule has 0 saturated carbocycles. The van der Waals surface area contributed by atoms with Crippen molar-refractivity contribution in [3.63, 3.8) is 0 Å². The number of pyridine rings is 1. The molecule has 23 heavy (non-hydrogen) atoms. The van der Waals surface area contributed by atoms with E-state index in [0.717, 1.165) is 5.33 Å². The zero-order valence-corrected chi connectivity index (χ0v) is 16.8. The van der Waals surface area contributed by atoms with E-state index < -0.39 is 0 Å². The van der Waals surface area contributed by atoms with Gasteiger partial charge in [-0.25, -0.2) is 4.57 Å². The first-order valence-corrected chi connectivity index (χ1v) is 11.0. The molecule has 0 fully saturated rings. The molecular weight excluding hydrogens is 346 g/mol. The van der Waals surface area contributed by atoms with Crippen molar-refractivity contribution in [2.75, 3.05) is 5.33 Å². The topological polar surface area (TPSA) is 3.88 Å². The van der Waals surface area contributed by atoms with Crippen LogP contribution in [0.2, 0.25) is 0 Å². The molecule has 132 valence electrons. The van der Waals surface area contributed by atoms with Crippen molar-refractivity contribution in [2.24, 2.45) is 0 Å². The second kappa shape index (κ2) is 15.2. The average molecular weight is 383 g/mol. The van der Waals surface area contributed by atoms with Crippen molar-refractivity contribution in [3.8, 4) is 0 Å². The lowest BCUT2D eigenvalue weighted by atomic mass is 10.0. The van der Waals surface area contributed by atoms with E-state index in [1.807, 2.05) is 0 Å². The second-order valence-corrected chi connectivity index (χ2v) is 7.46. The van der Waals surface area contributed by atoms with E-state index in [-0.39, 0.29) is 0 Å². The molecule has 0 spiro atoms. The quantitative estimate of drug-likeness (QED) is 0.174. The molecule has 1 heterocycles. The minimum absolute atomic E-state index is 0.610. The maximum atomic E-state index is 3.67. The zero-order chi connectivity index (χ0) is 16.6. The summed E-state index contributed by atoms with van der Waals surface area (Å²) >= 11 is 3.67. The molecule has 0 bridgehead atoms. The SMILES string of the molecule is CCCCCCCCCCCCCCC(CBr)[n+]1ccccc1. The fraction of sp³-hybridized carbons (Fsp3) is 0.762. The highest BCUT2D eigenvalue weighted by Crippen LogP contribution is 2.15. The molecule has 0 radical (unpaired) electrons. The molecule has 0 aliphatic heterocycles. The minimum atomic E-state index is 0.610. The van der Waals surface area contributed by atoms with E-state index in [4.69, 9.17) is 0 Å². The van der Waals surface area contributed by atoms with Crippen LogP contribution >= 0.6 is 15.9 Å². The van der Waals surface area contributed by atoms with Crippen LogP contribution in [0.4, 0.5) is 0 Å². The second-order valence-electron chi connectivity index (χ2n) is 6.81. The highest BCUT2D eigenvalue weighted by molar-refractivity contribution is 9.09. The number of unbranched alkanes of at least 4 members (excludes halogenated alkanes) is 11. The van der Waals surface area contributed by atoms with E-state index in [9.17, 15) is 0 Å². The van der Waals surface area contributed by atoms with Gasteiger partial charge in [0, 0.05) is 18.6 Å². The highest BCUT2D eigenvalue weighted by Gasteiger charge is 2.15. The Balaban J connectivity index is 1.91. The Hall–Kier alpha value is -0.370. The van der Waals surface area contributed by atoms with Gasteiger partial charge >= 0.3 is 0 Å². The lowest BCUT2D eigenvalue weighted by Gasteiger charge is -2.09. The Kier molecular flexibility index (Phi) is 13.6. The molecule has 0 saturated heterocycles. The fourth-order valence-corrected chi connectivity index (χ4v) is 3.84. The van der Waals surface area contributed by atoms with Crippen molar-refractivity contribution < 1.29 is 4.57 Å². The summed E-state index contributed by atoms with van der Waals surface area (Å²) < 4.78 is 2.34. The Morgan fingerprint density at radius 3 is 1.65 bits per heavy atom. The van der Waals surface area contributed by atoms with E-state index >= 15 is 0 Å². The first-order chi connectivity index (χ1) is 11.4. The van der Waals surface area contributed by atoms with Crippen LogP contribution < -0.4 is 4.57 Å². The van der Waals surface area contributed by atoms with Crippen LogP contribution in [0, 0.1) is 0 Å². The predicted molar refractivity (Wildman–Crippen MR) is 105 cm³/mol. The predicted octanol–water partition coefficient (Wildman–Crippen LogP) is 7.00. The summed E-state index contributed by atoms with van der Waals surface area (Å²) in [7, 11) is 0. The summed E-state index contributed by atoms with van der Waals surface area (Å²) in [5.74, 6) is 0. The van der Waals surface area contributed by atoms with Gasteiger partial charge in [0.1, 0.15) is 0 Å². The zero-order valence-electron chi connectivity index (χ0n) is 15.2. The third-order valence-electron chi connectivity index (χ3n) is 4.73. The number of hydrogen-bond donors (Lipinski definition) is 0. The molecule has 1 aromatic heterocycles. The number of alkyl halides is 1. The van der Waals surface area contributed by atoms with Gasteiger partial charge in [-0.05, 0) is 6.42 Å². The molecule has 1 aromatic rings. The fourth-order valence-electron chi connectivity index (χ4n) is 3.18. The number of hydrogen-bond acceptors (Lipinski definition) is 0. The number of aromatic nitrogens is 1. The number of rotatable bonds is 15. The lowest BCUT2D eigenvalue weighted by molar-refractivity contribution is -0.719. The molecule has 2 heteroatoms. The van der Waals surface area contributed by atoms with Gasteiger partial charge in [0.05, 0.1) is 5.33 Å². The molecular formula is C21H37BrN+. The number of nitrogens with zero attached hydrogens (tertiary/aromatic N) is 1. The molecule has 0 N–H and O–H groups in total. The number of halogens is 1. The van der Waals surface area contributed by atoms with Crippen molar-refractivity contribution in [3.05, 3.63) is 30.6 Å². The molecule has 1 rings (SSSR count). The molecule has 0 amide bonds. The normalized spacial score (nSPS) is 12.4. The van der Waals surface area contributed by atoms with Gasteiger partial charge in [-0.2, -0.15) is 0 Å². The maximum Gasteiger partial charge on any atom is 0.169 e. The van der Waals surface area contributed by atoms with Gasteiger partial charge in [0.15, 0.2) is 18.4 Å². The monoisotopic (exact) mass is 382 g/mol. The van der Waals surface area contributed by atoms with Crippen LogP contribution in [0.1, 0.15) is 96.4 Å². The Morgan fingerprint density at radius 2 is 1.17 bits per heavy atom. The average Bonchev–Trinajstić information content (AvgIpc) is 2.60. The summed E-state index contributed by atoms with van der Waals surface area (Å²) in [6.07, 6.45) is 22.8. The van der Waals surface area contributed by atoms with Crippen LogP contribution in [0.25, 0.3) is 0 Å². The van der Waals surface area contributed by atoms with Gasteiger partial charge in [-0.15, -0.1) is 0 Å². The van der Waals surface area contributed by atoms with Crippen LogP contribution in [-0.2, 0) is 0 Å². The van der Waals surface area contributed by atoms with E-state index in [0.29, 0.717) is 6.04 Å². The van der Waals surface area contributed by atoms with E-state index in [2.05, 4.69) is 58.0 Å². The molecule has 0 aromatic carbocycles. The first kappa shape index (κ1) is 20.7. The highest BCUT2D eigenvalue weighted by atomic mass is 79.9. The summed E-state index contributed by atoms with van der Waals surface area (Å²) in [6, 6.07) is 6.95. The molecule has 0 aliphatic rings. The van der Waals surface area contributed by atoms with Crippen molar-refractivity contribution >= 4 is 15.9 Å². The lowest BCUT2D eigenvalue weighted by Crippen LogP contribution is -2.39. The summed E-state index contributed by atoms with van der Waals surface area (Å²) in [5, 5.41) is 1.06. The molecule has 0 aliphatic carbocycles. The van der Waals surface area contributed by atoms with Crippen LogP contribution in [0.15, 0.2) is 30.6 Å². The molecule has 1 atom stereocenters.